The standard InChI is InChI=1S/C25H34N2O5S/c1-18(2)17-24(19-5-7-21(31-3)8-6-19)26-25(28)20-13-15-27(16-14-20)33(29,30)23-11-9-22(32-4)10-12-23/h5-12,18,20,24H,13-17H2,1-4H3,(H,26,28)/t24-/m0/s1. The fourth-order valence-electron chi connectivity index (χ4n) is 4.13. The number of ether oxygens (including phenoxy) is 2. The highest BCUT2D eigenvalue weighted by molar-refractivity contribution is 7.89. The van der Waals surface area contributed by atoms with Crippen molar-refractivity contribution >= 4 is 15.9 Å². The second kappa shape index (κ2) is 11.0. The van der Waals surface area contributed by atoms with Gasteiger partial charge in [-0.1, -0.05) is 26.0 Å². The van der Waals surface area contributed by atoms with Crippen LogP contribution in [0.2, 0.25) is 0 Å². The molecule has 8 heteroatoms. The van der Waals surface area contributed by atoms with Crippen molar-refractivity contribution < 1.29 is 22.7 Å². The molecule has 1 aliphatic rings. The molecule has 1 atom stereocenters. The summed E-state index contributed by atoms with van der Waals surface area (Å²) in [6.45, 7) is 4.91. The molecule has 3 rings (SSSR count). The summed E-state index contributed by atoms with van der Waals surface area (Å²) in [7, 11) is -0.421. The van der Waals surface area contributed by atoms with Crippen molar-refractivity contribution in [2.45, 2.75) is 44.0 Å². The zero-order valence-corrected chi connectivity index (χ0v) is 20.6. The predicted molar refractivity (Wildman–Crippen MR) is 128 cm³/mol. The lowest BCUT2D eigenvalue weighted by Gasteiger charge is -2.32. The van der Waals surface area contributed by atoms with Gasteiger partial charge in [0.2, 0.25) is 15.9 Å². The molecular formula is C25H34N2O5S. The van der Waals surface area contributed by atoms with Crippen molar-refractivity contribution in [3.8, 4) is 11.5 Å². The number of carbonyl (C=O) groups is 1. The molecule has 33 heavy (non-hydrogen) atoms. The molecule has 1 saturated heterocycles. The monoisotopic (exact) mass is 474 g/mol. The number of nitrogens with zero attached hydrogens (tertiary/aromatic N) is 1. The van der Waals surface area contributed by atoms with Crippen LogP contribution in [0.15, 0.2) is 53.4 Å². The lowest BCUT2D eigenvalue weighted by Crippen LogP contribution is -2.43. The van der Waals surface area contributed by atoms with Crippen molar-refractivity contribution in [3.63, 3.8) is 0 Å². The Balaban J connectivity index is 1.63. The largest absolute Gasteiger partial charge is 0.497 e. The van der Waals surface area contributed by atoms with E-state index >= 15 is 0 Å². The quantitative estimate of drug-likeness (QED) is 0.594. The minimum absolute atomic E-state index is 0.0158. The van der Waals surface area contributed by atoms with E-state index in [4.69, 9.17) is 9.47 Å². The van der Waals surface area contributed by atoms with Crippen LogP contribution >= 0.6 is 0 Å². The first-order valence-electron chi connectivity index (χ1n) is 11.3. The van der Waals surface area contributed by atoms with Crippen LogP contribution in [0, 0.1) is 11.8 Å². The highest BCUT2D eigenvalue weighted by Gasteiger charge is 2.33. The first-order chi connectivity index (χ1) is 15.7. The number of piperidine rings is 1. The third-order valence-corrected chi connectivity index (χ3v) is 7.98. The molecule has 0 saturated carbocycles. The number of methoxy groups -OCH3 is 2. The van der Waals surface area contributed by atoms with E-state index in [0.29, 0.717) is 37.6 Å². The third-order valence-electron chi connectivity index (χ3n) is 6.06. The molecule has 1 N–H and O–H groups in total. The highest BCUT2D eigenvalue weighted by Crippen LogP contribution is 2.28. The Morgan fingerprint density at radius 2 is 1.48 bits per heavy atom. The van der Waals surface area contributed by atoms with Gasteiger partial charge >= 0.3 is 0 Å². The smallest absolute Gasteiger partial charge is 0.243 e. The fourth-order valence-corrected chi connectivity index (χ4v) is 5.60. The van der Waals surface area contributed by atoms with Crippen LogP contribution in [0.1, 0.15) is 44.7 Å². The van der Waals surface area contributed by atoms with Gasteiger partial charge in [0, 0.05) is 19.0 Å². The number of benzene rings is 2. The maximum atomic E-state index is 13.1. The van der Waals surface area contributed by atoms with Gasteiger partial charge in [-0.05, 0) is 67.1 Å². The SMILES string of the molecule is COc1ccc([C@H](CC(C)C)NC(=O)C2CCN(S(=O)(=O)c3ccc(OC)cc3)CC2)cc1. The number of hydrogen-bond donors (Lipinski definition) is 1. The topological polar surface area (TPSA) is 84.9 Å². The Bertz CT molecular complexity index is 1010. The van der Waals surface area contributed by atoms with Crippen LogP contribution in [0.25, 0.3) is 0 Å². The molecule has 0 unspecified atom stereocenters. The van der Waals surface area contributed by atoms with Crippen LogP contribution in [0.5, 0.6) is 11.5 Å². The minimum Gasteiger partial charge on any atom is -0.497 e. The molecule has 1 heterocycles. The number of rotatable bonds is 9. The normalized spacial score (nSPS) is 16.4. The summed E-state index contributed by atoms with van der Waals surface area (Å²) in [5.74, 6) is 1.57. The summed E-state index contributed by atoms with van der Waals surface area (Å²) >= 11 is 0. The summed E-state index contributed by atoms with van der Waals surface area (Å²) < 4.78 is 37.8. The maximum Gasteiger partial charge on any atom is 0.243 e. The van der Waals surface area contributed by atoms with Crippen LogP contribution in [-0.2, 0) is 14.8 Å². The first-order valence-corrected chi connectivity index (χ1v) is 12.8. The van der Waals surface area contributed by atoms with Crippen molar-refractivity contribution in [1.29, 1.82) is 0 Å². The molecule has 180 valence electrons. The minimum atomic E-state index is -3.59. The Morgan fingerprint density at radius 1 is 0.970 bits per heavy atom. The van der Waals surface area contributed by atoms with Crippen LogP contribution in [0.4, 0.5) is 0 Å². The van der Waals surface area contributed by atoms with Gasteiger partial charge in [-0.15, -0.1) is 0 Å². The molecule has 1 fully saturated rings. The summed E-state index contributed by atoms with van der Waals surface area (Å²) in [5, 5.41) is 3.21. The van der Waals surface area contributed by atoms with Crippen molar-refractivity contribution in [2.75, 3.05) is 27.3 Å². The van der Waals surface area contributed by atoms with Crippen LogP contribution < -0.4 is 14.8 Å². The summed E-state index contributed by atoms with van der Waals surface area (Å²) in [4.78, 5) is 13.3. The van der Waals surface area contributed by atoms with Gasteiger partial charge in [0.05, 0.1) is 25.2 Å². The average Bonchev–Trinajstić information content (AvgIpc) is 2.83. The molecular weight excluding hydrogens is 440 g/mol. The lowest BCUT2D eigenvalue weighted by molar-refractivity contribution is -0.127. The summed E-state index contributed by atoms with van der Waals surface area (Å²) in [6, 6.07) is 14.1. The molecule has 0 spiro atoms. The molecule has 2 aromatic carbocycles. The molecule has 0 radical (unpaired) electrons. The molecule has 0 aliphatic carbocycles. The number of carbonyl (C=O) groups excluding carboxylic acids is 1. The van der Waals surface area contributed by atoms with Gasteiger partial charge in [0.15, 0.2) is 0 Å². The van der Waals surface area contributed by atoms with E-state index in [9.17, 15) is 13.2 Å². The Labute approximate surface area is 197 Å². The van der Waals surface area contributed by atoms with Crippen LogP contribution in [-0.4, -0.2) is 45.9 Å². The van der Waals surface area contributed by atoms with E-state index in [2.05, 4.69) is 19.2 Å². The number of sulfonamides is 1. The number of amides is 1. The highest BCUT2D eigenvalue weighted by atomic mass is 32.2. The van der Waals surface area contributed by atoms with Crippen molar-refractivity contribution in [3.05, 3.63) is 54.1 Å². The van der Waals surface area contributed by atoms with E-state index in [0.717, 1.165) is 17.7 Å². The zero-order chi connectivity index (χ0) is 24.0. The molecule has 2 aromatic rings. The Hall–Kier alpha value is -2.58. The van der Waals surface area contributed by atoms with Gasteiger partial charge in [-0.25, -0.2) is 8.42 Å². The second-order valence-corrected chi connectivity index (χ2v) is 10.8. The van der Waals surface area contributed by atoms with Crippen LogP contribution in [0.3, 0.4) is 0 Å². The van der Waals surface area contributed by atoms with E-state index in [1.165, 1.54) is 4.31 Å². The maximum absolute atomic E-state index is 13.1. The van der Waals surface area contributed by atoms with Gasteiger partial charge in [-0.3, -0.25) is 4.79 Å². The Kier molecular flexibility index (Phi) is 8.37. The van der Waals surface area contributed by atoms with Crippen molar-refractivity contribution in [1.82, 2.24) is 9.62 Å². The van der Waals surface area contributed by atoms with Gasteiger partial charge < -0.3 is 14.8 Å². The third kappa shape index (κ3) is 6.26. The van der Waals surface area contributed by atoms with Crippen molar-refractivity contribution in [2.24, 2.45) is 11.8 Å². The van der Waals surface area contributed by atoms with E-state index in [-0.39, 0.29) is 22.8 Å². The molecule has 0 bridgehead atoms. The summed E-state index contributed by atoms with van der Waals surface area (Å²) in [6.07, 6.45) is 1.82. The van der Waals surface area contributed by atoms with Gasteiger partial charge in [-0.2, -0.15) is 4.31 Å². The van der Waals surface area contributed by atoms with E-state index in [1.54, 1.807) is 38.5 Å². The fraction of sp³-hybridized carbons (Fsp3) is 0.480. The molecule has 1 aliphatic heterocycles. The molecule has 7 nitrogen and oxygen atoms in total. The number of hydrogen-bond acceptors (Lipinski definition) is 5. The Morgan fingerprint density at radius 3 is 1.97 bits per heavy atom. The zero-order valence-electron chi connectivity index (χ0n) is 19.8. The van der Waals surface area contributed by atoms with E-state index in [1.807, 2.05) is 24.3 Å². The van der Waals surface area contributed by atoms with E-state index < -0.39 is 10.0 Å². The van der Waals surface area contributed by atoms with Gasteiger partial charge in [0.1, 0.15) is 11.5 Å². The summed E-state index contributed by atoms with van der Waals surface area (Å²) in [5.41, 5.74) is 1.04. The molecule has 0 aromatic heterocycles. The van der Waals surface area contributed by atoms with Gasteiger partial charge in [0.25, 0.3) is 0 Å². The molecule has 1 amide bonds. The first kappa shape index (κ1) is 25.1. The average molecular weight is 475 g/mol. The predicted octanol–water partition coefficient (Wildman–Crippen LogP) is 4.01. The second-order valence-electron chi connectivity index (χ2n) is 8.82. The lowest BCUT2D eigenvalue weighted by atomic mass is 9.93. The number of nitrogens with one attached hydrogen (secondary N) is 1.